The minimum absolute atomic E-state index is 0.144. The number of fused-ring (bicyclic) bond motifs is 1. The number of methoxy groups -OCH3 is 2. The Kier molecular flexibility index (Phi) is 6.30. The first-order valence-corrected chi connectivity index (χ1v) is 11.1. The topological polar surface area (TPSA) is 38.8 Å². The number of carbonyl (C=O) groups is 1. The molecule has 0 saturated heterocycles. The first kappa shape index (κ1) is 20.8. The first-order valence-electron chi connectivity index (χ1n) is 9.94. The fraction of sp³-hybridized carbons (Fsp3) is 0.292. The first-order chi connectivity index (χ1) is 14.6. The van der Waals surface area contributed by atoms with Gasteiger partial charge in [0.25, 0.3) is 0 Å². The van der Waals surface area contributed by atoms with Gasteiger partial charge in [-0.3, -0.25) is 4.79 Å². The fourth-order valence-corrected chi connectivity index (χ4v) is 5.16. The zero-order chi connectivity index (χ0) is 21.1. The molecule has 1 aliphatic rings. The van der Waals surface area contributed by atoms with Crippen LogP contribution in [-0.4, -0.2) is 31.6 Å². The molecule has 1 unspecified atom stereocenters. The number of nitrogens with zero attached hydrogens (tertiary/aromatic N) is 1. The van der Waals surface area contributed by atoms with Gasteiger partial charge in [-0.2, -0.15) is 0 Å². The van der Waals surface area contributed by atoms with Gasteiger partial charge in [-0.05, 0) is 53.8 Å². The van der Waals surface area contributed by atoms with Crippen molar-refractivity contribution in [1.82, 2.24) is 4.90 Å². The average Bonchev–Trinajstić information content (AvgIpc) is 3.21. The molecule has 0 N–H and O–H groups in total. The lowest BCUT2D eigenvalue weighted by molar-refractivity contribution is -0.133. The van der Waals surface area contributed by atoms with E-state index in [0.29, 0.717) is 25.1 Å². The van der Waals surface area contributed by atoms with Gasteiger partial charge >= 0.3 is 0 Å². The Balaban J connectivity index is 1.68. The van der Waals surface area contributed by atoms with E-state index in [1.165, 1.54) is 16.9 Å². The van der Waals surface area contributed by atoms with Gasteiger partial charge in [-0.1, -0.05) is 41.9 Å². The minimum atomic E-state index is -0.144. The molecule has 1 amide bonds. The third-order valence-corrected chi connectivity index (χ3v) is 6.81. The van der Waals surface area contributed by atoms with Gasteiger partial charge in [0.05, 0.1) is 24.6 Å². The second kappa shape index (κ2) is 9.11. The number of halogens is 1. The normalized spacial score (nSPS) is 15.6. The van der Waals surface area contributed by atoms with Gasteiger partial charge in [-0.15, -0.1) is 11.3 Å². The van der Waals surface area contributed by atoms with Crippen LogP contribution in [0.4, 0.5) is 0 Å². The highest BCUT2D eigenvalue weighted by molar-refractivity contribution is 7.16. The van der Waals surface area contributed by atoms with Crippen LogP contribution in [0, 0.1) is 0 Å². The third kappa shape index (κ3) is 4.18. The van der Waals surface area contributed by atoms with Crippen molar-refractivity contribution in [2.75, 3.05) is 20.8 Å². The van der Waals surface area contributed by atoms with Gasteiger partial charge in [0.15, 0.2) is 11.5 Å². The summed E-state index contributed by atoms with van der Waals surface area (Å²) >= 11 is 7.57. The van der Waals surface area contributed by atoms with E-state index >= 15 is 0 Å². The number of thiophene rings is 1. The molecule has 4 rings (SSSR count). The number of benzene rings is 2. The second-order valence-corrected chi connectivity index (χ2v) is 9.06. The largest absolute Gasteiger partial charge is 0.493 e. The van der Waals surface area contributed by atoms with Gasteiger partial charge in [0.1, 0.15) is 0 Å². The lowest BCUT2D eigenvalue weighted by Crippen LogP contribution is -2.40. The summed E-state index contributed by atoms with van der Waals surface area (Å²) in [5, 5.41) is 0. The second-order valence-electron chi connectivity index (χ2n) is 7.26. The fourth-order valence-electron chi connectivity index (χ4n) is 4.07. The van der Waals surface area contributed by atoms with Crippen molar-refractivity contribution >= 4 is 28.8 Å². The quantitative estimate of drug-likeness (QED) is 0.505. The summed E-state index contributed by atoms with van der Waals surface area (Å²) in [6, 6.07) is 18.0. The summed E-state index contributed by atoms with van der Waals surface area (Å²) < 4.78 is 11.8. The Labute approximate surface area is 186 Å². The Morgan fingerprint density at radius 3 is 2.50 bits per heavy atom. The van der Waals surface area contributed by atoms with E-state index in [9.17, 15) is 4.79 Å². The van der Waals surface area contributed by atoms with Gasteiger partial charge < -0.3 is 14.4 Å². The maximum Gasteiger partial charge on any atom is 0.223 e. The van der Waals surface area contributed by atoms with Crippen LogP contribution in [-0.2, 0) is 17.6 Å². The van der Waals surface area contributed by atoms with Crippen molar-refractivity contribution in [2.24, 2.45) is 0 Å². The van der Waals surface area contributed by atoms with Crippen LogP contribution in [0.5, 0.6) is 11.5 Å². The van der Waals surface area contributed by atoms with Crippen LogP contribution in [0.25, 0.3) is 0 Å². The van der Waals surface area contributed by atoms with E-state index in [0.717, 1.165) is 32.5 Å². The van der Waals surface area contributed by atoms with Crippen molar-refractivity contribution in [3.8, 4) is 11.5 Å². The molecular weight excluding hydrogens is 418 g/mol. The van der Waals surface area contributed by atoms with Crippen LogP contribution in [0.3, 0.4) is 0 Å². The van der Waals surface area contributed by atoms with E-state index < -0.39 is 0 Å². The van der Waals surface area contributed by atoms with Gasteiger partial charge in [0.2, 0.25) is 5.91 Å². The maximum absolute atomic E-state index is 13.3. The minimum Gasteiger partial charge on any atom is -0.493 e. The molecule has 0 saturated carbocycles. The molecule has 156 valence electrons. The Morgan fingerprint density at radius 1 is 1.10 bits per heavy atom. The molecule has 30 heavy (non-hydrogen) atoms. The zero-order valence-electron chi connectivity index (χ0n) is 17.1. The highest BCUT2D eigenvalue weighted by Crippen LogP contribution is 2.41. The Hall–Kier alpha value is -2.50. The molecule has 2 heterocycles. The number of ether oxygens (including phenoxy) is 2. The molecule has 1 aliphatic heterocycles. The highest BCUT2D eigenvalue weighted by atomic mass is 35.5. The van der Waals surface area contributed by atoms with E-state index in [2.05, 4.69) is 12.1 Å². The molecular formula is C24H24ClNO3S. The Morgan fingerprint density at radius 2 is 1.83 bits per heavy atom. The number of aryl methyl sites for hydroxylation is 1. The number of carbonyl (C=O) groups excluding carboxylic acids is 1. The highest BCUT2D eigenvalue weighted by Gasteiger charge is 2.33. The van der Waals surface area contributed by atoms with Gasteiger partial charge in [0, 0.05) is 17.8 Å². The average molecular weight is 442 g/mol. The molecule has 1 aromatic heterocycles. The number of amides is 1. The van der Waals surface area contributed by atoms with Crippen LogP contribution >= 0.6 is 22.9 Å². The van der Waals surface area contributed by atoms with Gasteiger partial charge in [-0.25, -0.2) is 0 Å². The lowest BCUT2D eigenvalue weighted by Gasteiger charge is -2.38. The summed E-state index contributed by atoms with van der Waals surface area (Å²) in [4.78, 5) is 16.4. The van der Waals surface area contributed by atoms with Crippen molar-refractivity contribution in [2.45, 2.75) is 25.3 Å². The smallest absolute Gasteiger partial charge is 0.223 e. The van der Waals surface area contributed by atoms with E-state index in [4.69, 9.17) is 21.1 Å². The molecule has 0 bridgehead atoms. The van der Waals surface area contributed by atoms with Crippen LogP contribution in [0.15, 0.2) is 54.6 Å². The number of hydrogen-bond donors (Lipinski definition) is 0. The SMILES string of the molecule is COc1cc2c(cc1OC)C(c1ccccc1)N(C(=O)CCc1ccc(Cl)s1)CC2. The molecule has 4 nitrogen and oxygen atoms in total. The number of hydrogen-bond acceptors (Lipinski definition) is 4. The monoisotopic (exact) mass is 441 g/mol. The van der Waals surface area contributed by atoms with Crippen LogP contribution in [0.1, 0.15) is 34.0 Å². The molecule has 1 atom stereocenters. The molecule has 0 spiro atoms. The summed E-state index contributed by atoms with van der Waals surface area (Å²) in [5.74, 6) is 1.55. The third-order valence-electron chi connectivity index (χ3n) is 5.52. The Bertz CT molecular complexity index is 1030. The standard InChI is InChI=1S/C24H24ClNO3S/c1-28-20-14-17-12-13-26(23(27)11-9-18-8-10-22(25)30-18)24(16-6-4-3-5-7-16)19(17)15-21(20)29-2/h3-8,10,14-15,24H,9,11-13H2,1-2H3. The summed E-state index contributed by atoms with van der Waals surface area (Å²) in [7, 11) is 3.29. The van der Waals surface area contributed by atoms with Crippen LogP contribution < -0.4 is 9.47 Å². The molecule has 0 aliphatic carbocycles. The van der Waals surface area contributed by atoms with Crippen LogP contribution in [0.2, 0.25) is 4.34 Å². The molecule has 3 aromatic rings. The van der Waals surface area contributed by atoms with Crippen molar-refractivity contribution < 1.29 is 14.3 Å². The molecule has 0 fully saturated rings. The molecule has 2 aromatic carbocycles. The van der Waals surface area contributed by atoms with E-state index in [1.807, 2.05) is 47.4 Å². The van der Waals surface area contributed by atoms with E-state index in [-0.39, 0.29) is 11.9 Å². The number of rotatable bonds is 6. The summed E-state index contributed by atoms with van der Waals surface area (Å²) in [6.45, 7) is 0.673. The molecule has 6 heteroatoms. The van der Waals surface area contributed by atoms with Crippen molar-refractivity contribution in [3.63, 3.8) is 0 Å². The van der Waals surface area contributed by atoms with E-state index in [1.54, 1.807) is 14.2 Å². The predicted octanol–water partition coefficient (Wildman–Crippen LogP) is 5.53. The maximum atomic E-state index is 13.3. The van der Waals surface area contributed by atoms with Crippen molar-refractivity contribution in [1.29, 1.82) is 0 Å². The molecule has 0 radical (unpaired) electrons. The lowest BCUT2D eigenvalue weighted by atomic mass is 9.87. The summed E-state index contributed by atoms with van der Waals surface area (Å²) in [6.07, 6.45) is 1.95. The summed E-state index contributed by atoms with van der Waals surface area (Å²) in [5.41, 5.74) is 3.38. The predicted molar refractivity (Wildman–Crippen MR) is 121 cm³/mol. The van der Waals surface area contributed by atoms with Crippen molar-refractivity contribution in [3.05, 3.63) is 80.5 Å². The zero-order valence-corrected chi connectivity index (χ0v) is 18.6.